The summed E-state index contributed by atoms with van der Waals surface area (Å²) in [7, 11) is 0. The van der Waals surface area contributed by atoms with Crippen molar-refractivity contribution in [1.82, 2.24) is 5.32 Å². The Morgan fingerprint density at radius 3 is 2.80 bits per heavy atom. The second kappa shape index (κ2) is 5.34. The van der Waals surface area contributed by atoms with E-state index in [4.69, 9.17) is 0 Å². The Morgan fingerprint density at radius 2 is 2.00 bits per heavy atom. The van der Waals surface area contributed by atoms with Crippen molar-refractivity contribution in [3.63, 3.8) is 0 Å². The van der Waals surface area contributed by atoms with E-state index < -0.39 is 0 Å². The average Bonchev–Trinajstić information content (AvgIpc) is 2.64. The van der Waals surface area contributed by atoms with E-state index in [-0.39, 0.29) is 0 Å². The van der Waals surface area contributed by atoms with Gasteiger partial charge in [0, 0.05) is 12.1 Å². The van der Waals surface area contributed by atoms with Crippen molar-refractivity contribution in [1.29, 1.82) is 0 Å². The Balaban J connectivity index is 1.66. The molecular formula is C14H27N. The summed E-state index contributed by atoms with van der Waals surface area (Å²) in [6, 6.07) is 1.74. The van der Waals surface area contributed by atoms with E-state index in [1.807, 2.05) is 0 Å². The van der Waals surface area contributed by atoms with Crippen LogP contribution in [0.1, 0.15) is 65.2 Å². The van der Waals surface area contributed by atoms with Crippen LogP contribution in [0, 0.1) is 11.8 Å². The molecule has 2 rings (SSSR count). The Hall–Kier alpha value is -0.0400. The minimum Gasteiger partial charge on any atom is -0.311 e. The molecule has 0 bridgehead atoms. The summed E-state index contributed by atoms with van der Waals surface area (Å²) in [5.41, 5.74) is 0. The van der Waals surface area contributed by atoms with Crippen molar-refractivity contribution < 1.29 is 0 Å². The summed E-state index contributed by atoms with van der Waals surface area (Å²) in [4.78, 5) is 0. The Bertz CT molecular complexity index is 188. The fraction of sp³-hybridized carbons (Fsp3) is 1.00. The third-order valence-electron chi connectivity index (χ3n) is 4.33. The number of nitrogens with one attached hydrogen (secondary N) is 1. The summed E-state index contributed by atoms with van der Waals surface area (Å²) < 4.78 is 0. The maximum absolute atomic E-state index is 3.89. The van der Waals surface area contributed by atoms with Crippen LogP contribution in [0.2, 0.25) is 0 Å². The van der Waals surface area contributed by atoms with E-state index in [9.17, 15) is 0 Å². The Labute approximate surface area is 95.0 Å². The SMILES string of the molecule is CC(C)CCCC1CCC2CCCC2N1. The molecule has 1 saturated heterocycles. The van der Waals surface area contributed by atoms with Crippen molar-refractivity contribution in [2.45, 2.75) is 77.3 Å². The highest BCUT2D eigenvalue weighted by Gasteiger charge is 2.32. The van der Waals surface area contributed by atoms with Gasteiger partial charge < -0.3 is 5.32 Å². The maximum Gasteiger partial charge on any atom is 0.00979 e. The molecule has 0 aromatic heterocycles. The first-order valence-corrected chi connectivity index (χ1v) is 7.01. The Morgan fingerprint density at radius 1 is 1.13 bits per heavy atom. The molecule has 0 radical (unpaired) electrons. The lowest BCUT2D eigenvalue weighted by molar-refractivity contribution is 0.245. The lowest BCUT2D eigenvalue weighted by atomic mass is 9.87. The highest BCUT2D eigenvalue weighted by Crippen LogP contribution is 2.34. The molecule has 1 N–H and O–H groups in total. The van der Waals surface area contributed by atoms with Crippen LogP contribution in [0.4, 0.5) is 0 Å². The van der Waals surface area contributed by atoms with E-state index >= 15 is 0 Å². The lowest BCUT2D eigenvalue weighted by Crippen LogP contribution is -2.45. The van der Waals surface area contributed by atoms with Gasteiger partial charge in [-0.1, -0.05) is 33.1 Å². The molecular weight excluding hydrogens is 182 g/mol. The monoisotopic (exact) mass is 209 g/mol. The first kappa shape index (κ1) is 11.4. The van der Waals surface area contributed by atoms with Crippen LogP contribution >= 0.6 is 0 Å². The van der Waals surface area contributed by atoms with Crippen LogP contribution < -0.4 is 5.32 Å². The normalized spacial score (nSPS) is 35.8. The van der Waals surface area contributed by atoms with Gasteiger partial charge in [0.1, 0.15) is 0 Å². The predicted molar refractivity (Wildman–Crippen MR) is 66.0 cm³/mol. The van der Waals surface area contributed by atoms with Crippen LogP contribution in [-0.2, 0) is 0 Å². The summed E-state index contributed by atoms with van der Waals surface area (Å²) >= 11 is 0. The van der Waals surface area contributed by atoms with Gasteiger partial charge >= 0.3 is 0 Å². The van der Waals surface area contributed by atoms with Crippen LogP contribution in [-0.4, -0.2) is 12.1 Å². The molecule has 1 aliphatic carbocycles. The number of hydrogen-bond acceptors (Lipinski definition) is 1. The molecule has 0 spiro atoms. The fourth-order valence-electron chi connectivity index (χ4n) is 3.40. The van der Waals surface area contributed by atoms with E-state index in [1.54, 1.807) is 0 Å². The molecule has 2 fully saturated rings. The number of hydrogen-bond donors (Lipinski definition) is 1. The van der Waals surface area contributed by atoms with Gasteiger partial charge in [0.25, 0.3) is 0 Å². The molecule has 0 aromatic carbocycles. The zero-order valence-electron chi connectivity index (χ0n) is 10.5. The zero-order chi connectivity index (χ0) is 10.7. The zero-order valence-corrected chi connectivity index (χ0v) is 10.5. The van der Waals surface area contributed by atoms with Gasteiger partial charge in [0.15, 0.2) is 0 Å². The van der Waals surface area contributed by atoms with Crippen molar-refractivity contribution in [3.05, 3.63) is 0 Å². The Kier molecular flexibility index (Phi) is 4.07. The molecule has 1 heterocycles. The van der Waals surface area contributed by atoms with Gasteiger partial charge in [-0.25, -0.2) is 0 Å². The minimum atomic E-state index is 0.850. The summed E-state index contributed by atoms with van der Waals surface area (Å²) in [5.74, 6) is 1.92. The lowest BCUT2D eigenvalue weighted by Gasteiger charge is -2.33. The fourth-order valence-corrected chi connectivity index (χ4v) is 3.40. The summed E-state index contributed by atoms with van der Waals surface area (Å²) in [6.07, 6.45) is 11.6. The quantitative estimate of drug-likeness (QED) is 0.744. The van der Waals surface area contributed by atoms with Crippen LogP contribution in [0.3, 0.4) is 0 Å². The van der Waals surface area contributed by atoms with Crippen LogP contribution in [0.25, 0.3) is 0 Å². The molecule has 2 aliphatic rings. The van der Waals surface area contributed by atoms with Gasteiger partial charge in [-0.15, -0.1) is 0 Å². The highest BCUT2D eigenvalue weighted by molar-refractivity contribution is 4.90. The summed E-state index contributed by atoms with van der Waals surface area (Å²) in [6.45, 7) is 4.67. The van der Waals surface area contributed by atoms with Crippen LogP contribution in [0.15, 0.2) is 0 Å². The van der Waals surface area contributed by atoms with Crippen molar-refractivity contribution >= 4 is 0 Å². The number of fused-ring (bicyclic) bond motifs is 1. The van der Waals surface area contributed by atoms with Crippen molar-refractivity contribution in [2.75, 3.05) is 0 Å². The molecule has 1 nitrogen and oxygen atoms in total. The third-order valence-corrected chi connectivity index (χ3v) is 4.33. The van der Waals surface area contributed by atoms with Gasteiger partial charge in [0.05, 0.1) is 0 Å². The first-order valence-electron chi connectivity index (χ1n) is 7.01. The molecule has 0 aromatic rings. The van der Waals surface area contributed by atoms with Gasteiger partial charge in [-0.3, -0.25) is 0 Å². The second-order valence-corrected chi connectivity index (χ2v) is 6.06. The van der Waals surface area contributed by atoms with E-state index in [0.717, 1.165) is 23.9 Å². The average molecular weight is 209 g/mol. The van der Waals surface area contributed by atoms with Crippen molar-refractivity contribution in [2.24, 2.45) is 11.8 Å². The molecule has 15 heavy (non-hydrogen) atoms. The number of piperidine rings is 1. The largest absolute Gasteiger partial charge is 0.311 e. The van der Waals surface area contributed by atoms with E-state index in [0.29, 0.717) is 0 Å². The van der Waals surface area contributed by atoms with Gasteiger partial charge in [-0.2, -0.15) is 0 Å². The topological polar surface area (TPSA) is 12.0 Å². The molecule has 3 unspecified atom stereocenters. The number of rotatable bonds is 4. The molecule has 1 saturated carbocycles. The molecule has 88 valence electrons. The van der Waals surface area contributed by atoms with Gasteiger partial charge in [-0.05, 0) is 43.9 Å². The smallest absolute Gasteiger partial charge is 0.00979 e. The third kappa shape index (κ3) is 3.21. The van der Waals surface area contributed by atoms with Gasteiger partial charge in [0.2, 0.25) is 0 Å². The summed E-state index contributed by atoms with van der Waals surface area (Å²) in [5, 5.41) is 3.89. The first-order chi connectivity index (χ1) is 7.25. The van der Waals surface area contributed by atoms with E-state index in [2.05, 4.69) is 19.2 Å². The predicted octanol–water partition coefficient (Wildman–Crippen LogP) is 3.73. The molecule has 1 aliphatic heterocycles. The standard InChI is InChI=1S/C14H27N/c1-11(2)5-3-7-13-10-9-12-6-4-8-14(12)15-13/h11-15H,3-10H2,1-2H3. The molecule has 3 atom stereocenters. The molecule has 0 amide bonds. The van der Waals surface area contributed by atoms with Crippen LogP contribution in [0.5, 0.6) is 0 Å². The van der Waals surface area contributed by atoms with E-state index in [1.165, 1.54) is 51.4 Å². The highest BCUT2D eigenvalue weighted by atomic mass is 15.0. The second-order valence-electron chi connectivity index (χ2n) is 6.06. The molecule has 1 heteroatoms. The minimum absolute atomic E-state index is 0.850. The van der Waals surface area contributed by atoms with Crippen molar-refractivity contribution in [3.8, 4) is 0 Å². The maximum atomic E-state index is 3.89.